The van der Waals surface area contributed by atoms with Gasteiger partial charge in [-0.1, -0.05) is 0 Å². The average Bonchev–Trinajstić information content (AvgIpc) is 2.56. The largest absolute Gasteiger partial charge is 0.489 e. The van der Waals surface area contributed by atoms with E-state index < -0.39 is 5.79 Å². The van der Waals surface area contributed by atoms with Gasteiger partial charge < -0.3 is 14.2 Å². The van der Waals surface area contributed by atoms with Crippen LogP contribution in [0.3, 0.4) is 0 Å². The van der Waals surface area contributed by atoms with Gasteiger partial charge in [-0.25, -0.2) is 0 Å². The van der Waals surface area contributed by atoms with E-state index in [2.05, 4.69) is 20.9 Å². The summed E-state index contributed by atoms with van der Waals surface area (Å²) >= 11 is 3.34. The van der Waals surface area contributed by atoms with Gasteiger partial charge in [-0.2, -0.15) is 0 Å². The first-order valence-electron chi connectivity index (χ1n) is 5.10. The number of ether oxygens (including phenoxy) is 3. The van der Waals surface area contributed by atoms with Crippen LogP contribution >= 0.6 is 15.9 Å². The monoisotopic (exact) mass is 287 g/mol. The summed E-state index contributed by atoms with van der Waals surface area (Å²) in [6.07, 6.45) is 3.37. The van der Waals surface area contributed by atoms with E-state index in [1.54, 1.807) is 12.4 Å². The molecule has 0 unspecified atom stereocenters. The van der Waals surface area contributed by atoms with Crippen molar-refractivity contribution in [1.29, 1.82) is 0 Å². The Labute approximate surface area is 103 Å². The summed E-state index contributed by atoms with van der Waals surface area (Å²) in [5.74, 6) is 0.228. The van der Waals surface area contributed by atoms with Crippen molar-refractivity contribution in [2.75, 3.05) is 13.2 Å². The molecule has 0 saturated carbocycles. The number of hydrogen-bond acceptors (Lipinski definition) is 4. The van der Waals surface area contributed by atoms with Crippen LogP contribution in [0.5, 0.6) is 5.75 Å². The molecule has 0 aromatic carbocycles. The van der Waals surface area contributed by atoms with E-state index >= 15 is 0 Å². The molecule has 1 atom stereocenters. The molecule has 1 aliphatic heterocycles. The van der Waals surface area contributed by atoms with E-state index in [1.165, 1.54) is 0 Å². The third-order valence-electron chi connectivity index (χ3n) is 2.18. The lowest BCUT2D eigenvalue weighted by atomic mass is 10.4. The third-order valence-corrected chi connectivity index (χ3v) is 2.62. The molecule has 4 nitrogen and oxygen atoms in total. The molecule has 0 amide bonds. The lowest BCUT2D eigenvalue weighted by Gasteiger charge is -2.17. The van der Waals surface area contributed by atoms with E-state index in [9.17, 15) is 0 Å². The lowest BCUT2D eigenvalue weighted by molar-refractivity contribution is -0.141. The minimum atomic E-state index is -0.496. The number of pyridine rings is 1. The van der Waals surface area contributed by atoms with Gasteiger partial charge in [0.15, 0.2) is 5.79 Å². The molecule has 88 valence electrons. The quantitative estimate of drug-likeness (QED) is 0.856. The van der Waals surface area contributed by atoms with E-state index in [0.717, 1.165) is 10.2 Å². The van der Waals surface area contributed by atoms with Crippen molar-refractivity contribution >= 4 is 15.9 Å². The van der Waals surface area contributed by atoms with Crippen LogP contribution < -0.4 is 4.74 Å². The highest BCUT2D eigenvalue weighted by molar-refractivity contribution is 9.10. The fourth-order valence-corrected chi connectivity index (χ4v) is 1.85. The maximum atomic E-state index is 5.62. The minimum Gasteiger partial charge on any atom is -0.489 e. The van der Waals surface area contributed by atoms with Crippen LogP contribution in [0.1, 0.15) is 13.8 Å². The van der Waals surface area contributed by atoms with Gasteiger partial charge in [0.05, 0.1) is 12.8 Å². The molecule has 1 aromatic rings. The van der Waals surface area contributed by atoms with Crippen molar-refractivity contribution in [3.63, 3.8) is 0 Å². The Morgan fingerprint density at radius 1 is 1.56 bits per heavy atom. The zero-order valence-corrected chi connectivity index (χ0v) is 10.9. The van der Waals surface area contributed by atoms with Crippen LogP contribution in [0.25, 0.3) is 0 Å². The first-order chi connectivity index (χ1) is 7.55. The van der Waals surface area contributed by atoms with Crippen LogP contribution in [0.2, 0.25) is 0 Å². The second kappa shape index (κ2) is 4.69. The second-order valence-electron chi connectivity index (χ2n) is 4.10. The van der Waals surface area contributed by atoms with Crippen molar-refractivity contribution in [3.05, 3.63) is 22.9 Å². The van der Waals surface area contributed by atoms with Crippen LogP contribution in [-0.4, -0.2) is 30.1 Å². The maximum Gasteiger partial charge on any atom is 0.163 e. The van der Waals surface area contributed by atoms with Crippen molar-refractivity contribution in [1.82, 2.24) is 4.98 Å². The van der Waals surface area contributed by atoms with Crippen molar-refractivity contribution < 1.29 is 14.2 Å². The zero-order valence-electron chi connectivity index (χ0n) is 9.27. The number of hydrogen-bond donors (Lipinski definition) is 0. The molecule has 1 aliphatic rings. The van der Waals surface area contributed by atoms with Crippen LogP contribution in [0, 0.1) is 0 Å². The topological polar surface area (TPSA) is 40.6 Å². The van der Waals surface area contributed by atoms with Gasteiger partial charge in [0.2, 0.25) is 0 Å². The van der Waals surface area contributed by atoms with E-state index in [-0.39, 0.29) is 6.10 Å². The summed E-state index contributed by atoms with van der Waals surface area (Å²) in [5, 5.41) is 0. The molecule has 1 aromatic heterocycles. The van der Waals surface area contributed by atoms with Gasteiger partial charge in [-0.15, -0.1) is 0 Å². The van der Waals surface area contributed by atoms with Gasteiger partial charge in [0.25, 0.3) is 0 Å². The fourth-order valence-electron chi connectivity index (χ4n) is 1.51. The molecule has 0 radical (unpaired) electrons. The molecular weight excluding hydrogens is 274 g/mol. The predicted molar refractivity (Wildman–Crippen MR) is 62.3 cm³/mol. The second-order valence-corrected chi connectivity index (χ2v) is 5.02. The van der Waals surface area contributed by atoms with Gasteiger partial charge in [-0.05, 0) is 35.8 Å². The highest BCUT2D eigenvalue weighted by Gasteiger charge is 2.32. The summed E-state index contributed by atoms with van der Waals surface area (Å²) in [5.41, 5.74) is 0. The van der Waals surface area contributed by atoms with Gasteiger partial charge in [-0.3, -0.25) is 4.98 Å². The average molecular weight is 288 g/mol. The Balaban J connectivity index is 1.84. The Morgan fingerprint density at radius 2 is 2.38 bits per heavy atom. The predicted octanol–water partition coefficient (Wildman–Crippen LogP) is 2.37. The van der Waals surface area contributed by atoms with Crippen LogP contribution in [0.15, 0.2) is 22.9 Å². The smallest absolute Gasteiger partial charge is 0.163 e. The van der Waals surface area contributed by atoms with Crippen LogP contribution in [-0.2, 0) is 9.47 Å². The molecule has 2 heterocycles. The van der Waals surface area contributed by atoms with E-state index in [0.29, 0.717) is 13.2 Å². The first kappa shape index (κ1) is 11.8. The Kier molecular flexibility index (Phi) is 3.47. The van der Waals surface area contributed by atoms with Gasteiger partial charge >= 0.3 is 0 Å². The summed E-state index contributed by atoms with van der Waals surface area (Å²) in [4.78, 5) is 4.01. The van der Waals surface area contributed by atoms with Crippen molar-refractivity contribution in [2.24, 2.45) is 0 Å². The lowest BCUT2D eigenvalue weighted by Crippen LogP contribution is -2.25. The van der Waals surface area contributed by atoms with Gasteiger partial charge in [0, 0.05) is 10.7 Å². The molecule has 1 fully saturated rings. The molecule has 5 heteroatoms. The van der Waals surface area contributed by atoms with Gasteiger partial charge in [0.1, 0.15) is 18.5 Å². The number of rotatable bonds is 3. The van der Waals surface area contributed by atoms with Crippen molar-refractivity contribution in [2.45, 2.75) is 25.7 Å². The highest BCUT2D eigenvalue weighted by Crippen LogP contribution is 2.23. The SMILES string of the molecule is CC1(C)OC[C@H](COc2cncc(Br)c2)O1. The number of halogens is 1. The molecular formula is C11H14BrNO3. The molecule has 0 bridgehead atoms. The highest BCUT2D eigenvalue weighted by atomic mass is 79.9. The normalized spacial score (nSPS) is 23.3. The summed E-state index contributed by atoms with van der Waals surface area (Å²) in [6.45, 7) is 4.83. The molecule has 16 heavy (non-hydrogen) atoms. The Bertz CT molecular complexity index is 370. The number of aromatic nitrogens is 1. The van der Waals surface area contributed by atoms with E-state index in [1.807, 2.05) is 19.9 Å². The zero-order chi connectivity index (χ0) is 11.6. The fraction of sp³-hybridized carbons (Fsp3) is 0.545. The molecule has 0 N–H and O–H groups in total. The first-order valence-corrected chi connectivity index (χ1v) is 5.90. The molecule has 1 saturated heterocycles. The Hall–Kier alpha value is -0.650. The van der Waals surface area contributed by atoms with Crippen LogP contribution in [0.4, 0.5) is 0 Å². The number of nitrogens with zero attached hydrogens (tertiary/aromatic N) is 1. The van der Waals surface area contributed by atoms with E-state index in [4.69, 9.17) is 14.2 Å². The standard InChI is InChI=1S/C11H14BrNO3/c1-11(2)15-7-10(16-11)6-14-9-3-8(12)4-13-5-9/h3-5,10H,6-7H2,1-2H3/t10-/m0/s1. The Morgan fingerprint density at radius 3 is 3.00 bits per heavy atom. The third kappa shape index (κ3) is 3.17. The van der Waals surface area contributed by atoms with Crippen molar-refractivity contribution in [3.8, 4) is 5.75 Å². The minimum absolute atomic E-state index is 0.0195. The molecule has 2 rings (SSSR count). The summed E-state index contributed by atoms with van der Waals surface area (Å²) < 4.78 is 17.5. The summed E-state index contributed by atoms with van der Waals surface area (Å²) in [7, 11) is 0. The molecule has 0 aliphatic carbocycles. The summed E-state index contributed by atoms with van der Waals surface area (Å²) in [6, 6.07) is 1.87. The molecule has 0 spiro atoms. The maximum absolute atomic E-state index is 5.62.